The topological polar surface area (TPSA) is 78.9 Å². The fourth-order valence-corrected chi connectivity index (χ4v) is 7.08. The first kappa shape index (κ1) is 59.6. The fourth-order valence-electron chi connectivity index (χ4n) is 7.08. The van der Waals surface area contributed by atoms with Gasteiger partial charge in [-0.1, -0.05) is 228 Å². The van der Waals surface area contributed by atoms with Gasteiger partial charge in [0.25, 0.3) is 0 Å². The summed E-state index contributed by atoms with van der Waals surface area (Å²) in [7, 11) is 0. The molecule has 0 aromatic heterocycles. The molecule has 0 heterocycles. The van der Waals surface area contributed by atoms with Gasteiger partial charge >= 0.3 is 17.9 Å². The molecular formula is C57H96O6. The Hall–Kier alpha value is -3.41. The van der Waals surface area contributed by atoms with Gasteiger partial charge in [0.2, 0.25) is 0 Å². The molecule has 0 N–H and O–H groups in total. The van der Waals surface area contributed by atoms with Crippen molar-refractivity contribution in [2.75, 3.05) is 13.2 Å². The van der Waals surface area contributed by atoms with Crippen LogP contribution in [-0.4, -0.2) is 37.2 Å². The molecule has 63 heavy (non-hydrogen) atoms. The zero-order chi connectivity index (χ0) is 45.8. The quantitative estimate of drug-likeness (QED) is 0.0199. The predicted molar refractivity (Wildman–Crippen MR) is 270 cm³/mol. The Balaban J connectivity index is 4.45. The summed E-state index contributed by atoms with van der Waals surface area (Å²) in [6.07, 6.45) is 65.7. The molecule has 1 unspecified atom stereocenters. The van der Waals surface area contributed by atoms with E-state index in [9.17, 15) is 14.4 Å². The molecule has 0 fully saturated rings. The minimum Gasteiger partial charge on any atom is -0.462 e. The van der Waals surface area contributed by atoms with Crippen LogP contribution in [0.3, 0.4) is 0 Å². The van der Waals surface area contributed by atoms with Gasteiger partial charge in [-0.3, -0.25) is 14.4 Å². The van der Waals surface area contributed by atoms with E-state index in [1.807, 2.05) is 0 Å². The van der Waals surface area contributed by atoms with Crippen molar-refractivity contribution in [3.8, 4) is 0 Å². The number of rotatable bonds is 46. The lowest BCUT2D eigenvalue weighted by atomic mass is 10.0. The molecule has 0 aromatic carbocycles. The summed E-state index contributed by atoms with van der Waals surface area (Å²) in [6.45, 7) is 6.35. The summed E-state index contributed by atoms with van der Waals surface area (Å²) < 4.78 is 16.8. The van der Waals surface area contributed by atoms with Gasteiger partial charge in [-0.15, -0.1) is 0 Å². The predicted octanol–water partition coefficient (Wildman–Crippen LogP) is 17.2. The van der Waals surface area contributed by atoms with Gasteiger partial charge in [-0.05, 0) is 77.0 Å². The molecule has 0 aliphatic rings. The molecule has 1 atom stereocenters. The smallest absolute Gasteiger partial charge is 0.306 e. The number of carbonyl (C=O) groups is 3. The number of ether oxygens (including phenoxy) is 3. The normalized spacial score (nSPS) is 12.7. The molecular weight excluding hydrogens is 781 g/mol. The standard InChI is InChI=1S/C57H96O6/c1-4-7-10-13-16-19-22-25-27-29-32-35-38-41-44-47-50-56(59)62-53-54(52-61-55(58)49-46-43-40-37-34-31-24-21-18-15-12-9-6-3)63-57(60)51-48-45-42-39-36-33-30-28-26-23-20-17-14-11-8-5-2/h7,9-10,12,15-16,18-19,21,24-25,27,32,35,54H,4-6,8,11,13-14,17,20,22-23,26,28-31,33-34,36-53H2,1-3H3/b10-7+,12-9+,18-15+,19-16+,24-21+,27-25+,35-32+. The van der Waals surface area contributed by atoms with E-state index in [2.05, 4.69) is 106 Å². The van der Waals surface area contributed by atoms with Crippen molar-refractivity contribution < 1.29 is 28.6 Å². The molecule has 0 amide bonds. The maximum absolute atomic E-state index is 12.8. The first-order valence-corrected chi connectivity index (χ1v) is 26.1. The SMILES string of the molecule is CC/C=C/C=C/C=C/CCCCCCCC(=O)OCC(COC(=O)CCCCC/C=C/C/C=C/C/C=C/C/C=C/CC)OC(=O)CCCCCCCCCCCCCCCCCC. The maximum Gasteiger partial charge on any atom is 0.306 e. The highest BCUT2D eigenvalue weighted by atomic mass is 16.6. The lowest BCUT2D eigenvalue weighted by molar-refractivity contribution is -0.167. The molecule has 0 saturated heterocycles. The Morgan fingerprint density at radius 3 is 1.16 bits per heavy atom. The van der Waals surface area contributed by atoms with Crippen LogP contribution in [0.1, 0.15) is 239 Å². The van der Waals surface area contributed by atoms with E-state index in [4.69, 9.17) is 14.2 Å². The Morgan fingerprint density at radius 1 is 0.349 bits per heavy atom. The van der Waals surface area contributed by atoms with E-state index < -0.39 is 6.10 Å². The van der Waals surface area contributed by atoms with E-state index >= 15 is 0 Å². The second kappa shape index (κ2) is 51.2. The van der Waals surface area contributed by atoms with Gasteiger partial charge < -0.3 is 14.2 Å². The van der Waals surface area contributed by atoms with E-state index in [0.29, 0.717) is 19.3 Å². The largest absolute Gasteiger partial charge is 0.462 e. The lowest BCUT2D eigenvalue weighted by Gasteiger charge is -2.18. The monoisotopic (exact) mass is 877 g/mol. The summed E-state index contributed by atoms with van der Waals surface area (Å²) in [4.78, 5) is 38.0. The first-order valence-electron chi connectivity index (χ1n) is 26.1. The summed E-state index contributed by atoms with van der Waals surface area (Å²) in [6, 6.07) is 0. The average Bonchev–Trinajstić information content (AvgIpc) is 3.28. The van der Waals surface area contributed by atoms with Crippen LogP contribution in [0.15, 0.2) is 85.1 Å². The Labute approximate surface area is 388 Å². The van der Waals surface area contributed by atoms with Crippen molar-refractivity contribution >= 4 is 17.9 Å². The fraction of sp³-hybridized carbons (Fsp3) is 0.702. The van der Waals surface area contributed by atoms with Crippen LogP contribution in [0, 0.1) is 0 Å². The molecule has 6 nitrogen and oxygen atoms in total. The van der Waals surface area contributed by atoms with Gasteiger partial charge in [-0.2, -0.15) is 0 Å². The summed E-state index contributed by atoms with van der Waals surface area (Å²) >= 11 is 0. The zero-order valence-electron chi connectivity index (χ0n) is 41.1. The van der Waals surface area contributed by atoms with Crippen LogP contribution in [0.5, 0.6) is 0 Å². The molecule has 360 valence electrons. The van der Waals surface area contributed by atoms with Gasteiger partial charge in [0, 0.05) is 19.3 Å². The van der Waals surface area contributed by atoms with E-state index in [-0.39, 0.29) is 31.1 Å². The Morgan fingerprint density at radius 2 is 0.698 bits per heavy atom. The van der Waals surface area contributed by atoms with Gasteiger partial charge in [-0.25, -0.2) is 0 Å². The molecule has 0 bridgehead atoms. The number of unbranched alkanes of at least 4 members (excludes halogenated alkanes) is 23. The third-order valence-electron chi connectivity index (χ3n) is 11.0. The van der Waals surface area contributed by atoms with Crippen LogP contribution >= 0.6 is 0 Å². The summed E-state index contributed by atoms with van der Waals surface area (Å²) in [5, 5.41) is 0. The molecule has 0 rings (SSSR count). The molecule has 0 aromatic rings. The second-order valence-corrected chi connectivity index (χ2v) is 17.1. The number of hydrogen-bond acceptors (Lipinski definition) is 6. The van der Waals surface area contributed by atoms with Crippen LogP contribution in [0.25, 0.3) is 0 Å². The Bertz CT molecular complexity index is 1240. The minimum atomic E-state index is -0.796. The molecule has 0 aliphatic carbocycles. The van der Waals surface area contributed by atoms with Crippen molar-refractivity contribution in [1.82, 2.24) is 0 Å². The second-order valence-electron chi connectivity index (χ2n) is 17.1. The first-order chi connectivity index (χ1) is 31.0. The third-order valence-corrected chi connectivity index (χ3v) is 11.0. The van der Waals surface area contributed by atoms with Gasteiger partial charge in [0.05, 0.1) is 0 Å². The van der Waals surface area contributed by atoms with Crippen LogP contribution < -0.4 is 0 Å². The molecule has 0 spiro atoms. The van der Waals surface area contributed by atoms with Gasteiger partial charge in [0.15, 0.2) is 6.10 Å². The maximum atomic E-state index is 12.8. The van der Waals surface area contributed by atoms with Gasteiger partial charge in [0.1, 0.15) is 13.2 Å². The highest BCUT2D eigenvalue weighted by Gasteiger charge is 2.19. The van der Waals surface area contributed by atoms with Crippen molar-refractivity contribution in [1.29, 1.82) is 0 Å². The summed E-state index contributed by atoms with van der Waals surface area (Å²) in [5.41, 5.74) is 0. The minimum absolute atomic E-state index is 0.0965. The van der Waals surface area contributed by atoms with E-state index in [1.54, 1.807) is 0 Å². The van der Waals surface area contributed by atoms with Crippen LogP contribution in [-0.2, 0) is 28.6 Å². The van der Waals surface area contributed by atoms with E-state index in [1.165, 1.54) is 83.5 Å². The van der Waals surface area contributed by atoms with Crippen molar-refractivity contribution in [2.24, 2.45) is 0 Å². The number of hydrogen-bond donors (Lipinski definition) is 0. The third kappa shape index (κ3) is 49.5. The Kier molecular flexibility index (Phi) is 48.5. The molecule has 6 heteroatoms. The van der Waals surface area contributed by atoms with Crippen molar-refractivity contribution in [2.45, 2.75) is 245 Å². The highest BCUT2D eigenvalue weighted by Crippen LogP contribution is 2.15. The average molecular weight is 877 g/mol. The highest BCUT2D eigenvalue weighted by molar-refractivity contribution is 5.71. The number of esters is 3. The zero-order valence-corrected chi connectivity index (χ0v) is 41.1. The van der Waals surface area contributed by atoms with Crippen LogP contribution in [0.2, 0.25) is 0 Å². The molecule has 0 aliphatic heterocycles. The van der Waals surface area contributed by atoms with Crippen molar-refractivity contribution in [3.05, 3.63) is 85.1 Å². The lowest BCUT2D eigenvalue weighted by Crippen LogP contribution is -2.30. The van der Waals surface area contributed by atoms with E-state index in [0.717, 1.165) is 116 Å². The number of carbonyl (C=O) groups excluding carboxylic acids is 3. The van der Waals surface area contributed by atoms with Crippen LogP contribution in [0.4, 0.5) is 0 Å². The van der Waals surface area contributed by atoms with Crippen molar-refractivity contribution in [3.63, 3.8) is 0 Å². The number of allylic oxidation sites excluding steroid dienone is 14. The molecule has 0 saturated carbocycles. The molecule has 0 radical (unpaired) electrons. The summed E-state index contributed by atoms with van der Waals surface area (Å²) in [5.74, 6) is -0.944.